The fourth-order valence-electron chi connectivity index (χ4n) is 1.84. The molecule has 0 bridgehead atoms. The topological polar surface area (TPSA) is 24.5 Å². The third-order valence-corrected chi connectivity index (χ3v) is 2.89. The Kier molecular flexibility index (Phi) is 6.15. The minimum absolute atomic E-state index is 0.675. The first-order valence-electron chi connectivity index (χ1n) is 5.83. The van der Waals surface area contributed by atoms with Crippen LogP contribution in [0.1, 0.15) is 26.2 Å². The van der Waals surface area contributed by atoms with Crippen LogP contribution < -0.4 is 5.32 Å². The highest BCUT2D eigenvalue weighted by atomic mass is 16.5. The lowest BCUT2D eigenvalue weighted by Crippen LogP contribution is -2.33. The van der Waals surface area contributed by atoms with Crippen LogP contribution in [0.5, 0.6) is 0 Å². The largest absolute Gasteiger partial charge is 0.380 e. The van der Waals surface area contributed by atoms with E-state index < -0.39 is 0 Å². The number of ether oxygens (including phenoxy) is 1. The van der Waals surface area contributed by atoms with E-state index in [1.165, 1.54) is 25.8 Å². The number of nitrogens with one attached hydrogen (secondary N) is 1. The van der Waals surface area contributed by atoms with Crippen LogP contribution in [0.3, 0.4) is 0 Å². The third kappa shape index (κ3) is 4.40. The van der Waals surface area contributed by atoms with E-state index in [4.69, 9.17) is 4.74 Å². The van der Waals surface area contributed by atoms with Crippen molar-refractivity contribution in [3.8, 4) is 0 Å². The molecule has 1 rings (SSSR count). The molecule has 0 aromatic heterocycles. The molecule has 0 spiro atoms. The lowest BCUT2D eigenvalue weighted by Gasteiger charge is -2.22. The summed E-state index contributed by atoms with van der Waals surface area (Å²) in [6.07, 6.45) is 3.79. The lowest BCUT2D eigenvalue weighted by molar-refractivity contribution is 0.158. The van der Waals surface area contributed by atoms with Gasteiger partial charge in [-0.05, 0) is 45.9 Å². The molecular weight excluding hydrogens is 176 g/mol. The normalized spacial score (nSPS) is 22.1. The van der Waals surface area contributed by atoms with Crippen LogP contribution in [0.25, 0.3) is 0 Å². The van der Waals surface area contributed by atoms with Crippen molar-refractivity contribution in [1.29, 1.82) is 0 Å². The Balaban J connectivity index is 1.94. The molecule has 14 heavy (non-hydrogen) atoms. The summed E-state index contributed by atoms with van der Waals surface area (Å²) in [6.45, 7) is 7.50. The van der Waals surface area contributed by atoms with E-state index in [-0.39, 0.29) is 0 Å². The fraction of sp³-hybridized carbons (Fsp3) is 1.00. The Hall–Kier alpha value is -0.120. The number of hydrogen-bond acceptors (Lipinski definition) is 3. The molecule has 0 saturated carbocycles. The summed E-state index contributed by atoms with van der Waals surface area (Å²) in [5.41, 5.74) is 0. The summed E-state index contributed by atoms with van der Waals surface area (Å²) < 4.78 is 5.37. The summed E-state index contributed by atoms with van der Waals surface area (Å²) in [5, 5.41) is 3.35. The van der Waals surface area contributed by atoms with E-state index in [1.807, 2.05) is 0 Å². The van der Waals surface area contributed by atoms with E-state index in [2.05, 4.69) is 24.2 Å². The number of hydrogen-bond donors (Lipinski definition) is 1. The molecular formula is C11H24N2O. The first-order chi connectivity index (χ1) is 6.84. The molecule has 1 atom stereocenters. The zero-order chi connectivity index (χ0) is 10.2. The Morgan fingerprint density at radius 2 is 2.29 bits per heavy atom. The molecule has 1 heterocycles. The van der Waals surface area contributed by atoms with Gasteiger partial charge in [-0.1, -0.05) is 6.92 Å². The number of unbranched alkanes of at least 4 members (excludes halogenated alkanes) is 1. The highest BCUT2D eigenvalue weighted by Gasteiger charge is 2.19. The van der Waals surface area contributed by atoms with Gasteiger partial charge in [0, 0.05) is 12.6 Å². The van der Waals surface area contributed by atoms with Gasteiger partial charge in [-0.2, -0.15) is 0 Å². The van der Waals surface area contributed by atoms with Crippen molar-refractivity contribution in [3.63, 3.8) is 0 Å². The zero-order valence-electron chi connectivity index (χ0n) is 9.59. The average molecular weight is 200 g/mol. The van der Waals surface area contributed by atoms with Crippen LogP contribution >= 0.6 is 0 Å². The van der Waals surface area contributed by atoms with Crippen molar-refractivity contribution in [3.05, 3.63) is 0 Å². The molecule has 0 aliphatic carbocycles. The van der Waals surface area contributed by atoms with Crippen LogP contribution in [0, 0.1) is 0 Å². The number of likely N-dealkylation sites (N-methyl/N-ethyl adjacent to an activating group) is 1. The predicted molar refractivity (Wildman–Crippen MR) is 59.6 cm³/mol. The molecule has 3 nitrogen and oxygen atoms in total. The number of rotatable bonds is 7. The van der Waals surface area contributed by atoms with E-state index in [1.54, 1.807) is 0 Å². The molecule has 1 N–H and O–H groups in total. The summed E-state index contributed by atoms with van der Waals surface area (Å²) in [7, 11) is 2.21. The van der Waals surface area contributed by atoms with Gasteiger partial charge in [-0.25, -0.2) is 0 Å². The molecule has 0 aromatic rings. The van der Waals surface area contributed by atoms with Crippen LogP contribution in [-0.4, -0.2) is 50.8 Å². The van der Waals surface area contributed by atoms with E-state index in [0.717, 1.165) is 26.3 Å². The van der Waals surface area contributed by atoms with E-state index >= 15 is 0 Å². The summed E-state index contributed by atoms with van der Waals surface area (Å²) in [5.74, 6) is 0. The van der Waals surface area contributed by atoms with E-state index in [0.29, 0.717) is 6.04 Å². The second-order valence-corrected chi connectivity index (χ2v) is 4.06. The SMILES string of the molecule is CCNCCCCN(C)C1CCOC1. The summed E-state index contributed by atoms with van der Waals surface area (Å²) in [6, 6.07) is 0.675. The van der Waals surface area contributed by atoms with Crippen LogP contribution in [0.2, 0.25) is 0 Å². The maximum Gasteiger partial charge on any atom is 0.0622 e. The minimum atomic E-state index is 0.675. The van der Waals surface area contributed by atoms with Crippen LogP contribution in [0.15, 0.2) is 0 Å². The minimum Gasteiger partial charge on any atom is -0.380 e. The molecule has 3 heteroatoms. The smallest absolute Gasteiger partial charge is 0.0622 e. The van der Waals surface area contributed by atoms with Crippen LogP contribution in [-0.2, 0) is 4.74 Å². The molecule has 0 amide bonds. The van der Waals surface area contributed by atoms with Crippen molar-refractivity contribution in [2.45, 2.75) is 32.2 Å². The Labute approximate surface area is 87.8 Å². The molecule has 1 unspecified atom stereocenters. The zero-order valence-corrected chi connectivity index (χ0v) is 9.59. The molecule has 1 saturated heterocycles. The van der Waals surface area contributed by atoms with Gasteiger partial charge in [0.25, 0.3) is 0 Å². The van der Waals surface area contributed by atoms with Crippen molar-refractivity contribution >= 4 is 0 Å². The maximum atomic E-state index is 5.37. The highest BCUT2D eigenvalue weighted by Crippen LogP contribution is 2.10. The first kappa shape index (κ1) is 12.0. The summed E-state index contributed by atoms with van der Waals surface area (Å²) >= 11 is 0. The van der Waals surface area contributed by atoms with Gasteiger partial charge in [-0.15, -0.1) is 0 Å². The fourth-order valence-corrected chi connectivity index (χ4v) is 1.84. The number of nitrogens with zero attached hydrogens (tertiary/aromatic N) is 1. The average Bonchev–Trinajstić information content (AvgIpc) is 2.70. The van der Waals surface area contributed by atoms with Crippen molar-refractivity contribution in [2.75, 3.05) is 39.9 Å². The lowest BCUT2D eigenvalue weighted by atomic mass is 10.2. The molecule has 0 aromatic carbocycles. The quantitative estimate of drug-likeness (QED) is 0.623. The standard InChI is InChI=1S/C11H24N2O/c1-3-12-7-4-5-8-13(2)11-6-9-14-10-11/h11-12H,3-10H2,1-2H3. The Bertz CT molecular complexity index is 135. The summed E-state index contributed by atoms with van der Waals surface area (Å²) in [4.78, 5) is 2.44. The molecule has 84 valence electrons. The first-order valence-corrected chi connectivity index (χ1v) is 5.83. The van der Waals surface area contributed by atoms with Crippen molar-refractivity contribution < 1.29 is 4.74 Å². The highest BCUT2D eigenvalue weighted by molar-refractivity contribution is 4.72. The molecule has 1 fully saturated rings. The third-order valence-electron chi connectivity index (χ3n) is 2.89. The van der Waals surface area contributed by atoms with Crippen LogP contribution in [0.4, 0.5) is 0 Å². The van der Waals surface area contributed by atoms with Crippen molar-refractivity contribution in [2.24, 2.45) is 0 Å². The predicted octanol–water partition coefficient (Wildman–Crippen LogP) is 1.10. The van der Waals surface area contributed by atoms with Gasteiger partial charge < -0.3 is 15.0 Å². The van der Waals surface area contributed by atoms with Crippen molar-refractivity contribution in [1.82, 2.24) is 10.2 Å². The Morgan fingerprint density at radius 3 is 2.93 bits per heavy atom. The van der Waals surface area contributed by atoms with Gasteiger partial charge >= 0.3 is 0 Å². The van der Waals surface area contributed by atoms with Gasteiger partial charge in [0.2, 0.25) is 0 Å². The second kappa shape index (κ2) is 7.21. The van der Waals surface area contributed by atoms with Gasteiger partial charge in [0.15, 0.2) is 0 Å². The van der Waals surface area contributed by atoms with E-state index in [9.17, 15) is 0 Å². The van der Waals surface area contributed by atoms with Gasteiger partial charge in [0.1, 0.15) is 0 Å². The maximum absolute atomic E-state index is 5.37. The Morgan fingerprint density at radius 1 is 1.43 bits per heavy atom. The van der Waals surface area contributed by atoms with Gasteiger partial charge in [-0.3, -0.25) is 0 Å². The molecule has 1 aliphatic rings. The second-order valence-electron chi connectivity index (χ2n) is 4.06. The monoisotopic (exact) mass is 200 g/mol. The van der Waals surface area contributed by atoms with Gasteiger partial charge in [0.05, 0.1) is 6.61 Å². The molecule has 1 aliphatic heterocycles. The molecule has 0 radical (unpaired) electrons.